The zero-order chi connectivity index (χ0) is 14.2. The van der Waals surface area contributed by atoms with Crippen molar-refractivity contribution in [1.29, 1.82) is 0 Å². The predicted molar refractivity (Wildman–Crippen MR) is 76.8 cm³/mol. The summed E-state index contributed by atoms with van der Waals surface area (Å²) >= 11 is 0. The van der Waals surface area contributed by atoms with Crippen LogP contribution in [0.15, 0.2) is 24.5 Å². The maximum Gasteiger partial charge on any atom is 0.224 e. The Bertz CT molecular complexity index is 548. The molecule has 1 aromatic carbocycles. The maximum absolute atomic E-state index is 5.72. The molecule has 2 rings (SSSR count). The van der Waals surface area contributed by atoms with E-state index in [0.717, 1.165) is 17.3 Å². The van der Waals surface area contributed by atoms with Crippen LogP contribution in [-0.4, -0.2) is 43.5 Å². The lowest BCUT2D eigenvalue weighted by atomic mass is 10.2. The molecule has 0 aliphatic carbocycles. The SMILES string of the molecule is COCCCOCCOc1ncnc2cc(N)ccc12. The standard InChI is InChI=1S/C14H19N3O3/c1-18-5-2-6-19-7-8-20-14-12-4-3-11(15)9-13(12)16-10-17-14/h3-4,9-10H,2,5-8,15H2,1H3. The van der Waals surface area contributed by atoms with E-state index in [2.05, 4.69) is 9.97 Å². The van der Waals surface area contributed by atoms with Gasteiger partial charge in [0.1, 0.15) is 12.9 Å². The van der Waals surface area contributed by atoms with Crippen LogP contribution in [0.1, 0.15) is 6.42 Å². The lowest BCUT2D eigenvalue weighted by molar-refractivity contribution is 0.0799. The van der Waals surface area contributed by atoms with Crippen molar-refractivity contribution in [3.63, 3.8) is 0 Å². The number of methoxy groups -OCH3 is 1. The van der Waals surface area contributed by atoms with Crippen LogP contribution in [0.4, 0.5) is 5.69 Å². The number of nitrogen functional groups attached to an aromatic ring is 1. The van der Waals surface area contributed by atoms with Crippen LogP contribution in [0, 0.1) is 0 Å². The molecule has 0 atom stereocenters. The molecule has 2 aromatic rings. The van der Waals surface area contributed by atoms with Crippen LogP contribution >= 0.6 is 0 Å². The minimum Gasteiger partial charge on any atom is -0.475 e. The van der Waals surface area contributed by atoms with Gasteiger partial charge >= 0.3 is 0 Å². The van der Waals surface area contributed by atoms with Crippen LogP contribution in [0.25, 0.3) is 10.9 Å². The third kappa shape index (κ3) is 4.04. The summed E-state index contributed by atoms with van der Waals surface area (Å²) in [6, 6.07) is 5.46. The maximum atomic E-state index is 5.72. The van der Waals surface area contributed by atoms with Crippen molar-refractivity contribution in [2.45, 2.75) is 6.42 Å². The highest BCUT2D eigenvalue weighted by atomic mass is 16.5. The number of rotatable bonds is 8. The van der Waals surface area contributed by atoms with Crippen LogP contribution in [0.5, 0.6) is 5.88 Å². The van der Waals surface area contributed by atoms with Crippen molar-refractivity contribution < 1.29 is 14.2 Å². The Morgan fingerprint density at radius 1 is 1.10 bits per heavy atom. The molecule has 0 saturated carbocycles. The van der Waals surface area contributed by atoms with Gasteiger partial charge in [-0.3, -0.25) is 0 Å². The van der Waals surface area contributed by atoms with Crippen LogP contribution in [0.2, 0.25) is 0 Å². The Kier molecular flexibility index (Phi) is 5.52. The van der Waals surface area contributed by atoms with Crippen molar-refractivity contribution in [2.24, 2.45) is 0 Å². The zero-order valence-corrected chi connectivity index (χ0v) is 11.5. The van der Waals surface area contributed by atoms with Gasteiger partial charge in [-0.1, -0.05) is 0 Å². The molecule has 1 heterocycles. The second-order valence-corrected chi connectivity index (χ2v) is 4.26. The fourth-order valence-electron chi connectivity index (χ4n) is 1.77. The Morgan fingerprint density at radius 2 is 2.00 bits per heavy atom. The van der Waals surface area contributed by atoms with Gasteiger partial charge in [-0.15, -0.1) is 0 Å². The fourth-order valence-corrected chi connectivity index (χ4v) is 1.77. The number of fused-ring (bicyclic) bond motifs is 1. The molecule has 0 spiro atoms. The fraction of sp³-hybridized carbons (Fsp3) is 0.429. The molecule has 0 unspecified atom stereocenters. The summed E-state index contributed by atoms with van der Waals surface area (Å²) in [7, 11) is 1.68. The van der Waals surface area contributed by atoms with Gasteiger partial charge in [0, 0.05) is 26.0 Å². The van der Waals surface area contributed by atoms with E-state index in [1.54, 1.807) is 19.2 Å². The van der Waals surface area contributed by atoms with Crippen LogP contribution < -0.4 is 10.5 Å². The van der Waals surface area contributed by atoms with Crippen molar-refractivity contribution in [2.75, 3.05) is 39.3 Å². The van der Waals surface area contributed by atoms with Gasteiger partial charge in [0.25, 0.3) is 0 Å². The monoisotopic (exact) mass is 277 g/mol. The number of hydrogen-bond acceptors (Lipinski definition) is 6. The predicted octanol–water partition coefficient (Wildman–Crippen LogP) is 1.64. The summed E-state index contributed by atoms with van der Waals surface area (Å²) in [5, 5.41) is 0.848. The van der Waals surface area contributed by atoms with Crippen LogP contribution in [0.3, 0.4) is 0 Å². The second kappa shape index (κ2) is 7.62. The number of aromatic nitrogens is 2. The lowest BCUT2D eigenvalue weighted by Crippen LogP contribution is -2.09. The molecule has 108 valence electrons. The Labute approximate surface area is 117 Å². The van der Waals surface area contributed by atoms with Gasteiger partial charge in [-0.2, -0.15) is 0 Å². The van der Waals surface area contributed by atoms with Crippen molar-refractivity contribution >= 4 is 16.6 Å². The molecular formula is C14H19N3O3. The molecule has 0 bridgehead atoms. The highest BCUT2D eigenvalue weighted by molar-refractivity contribution is 5.85. The average molecular weight is 277 g/mol. The van der Waals surface area contributed by atoms with Gasteiger partial charge in [0.2, 0.25) is 5.88 Å². The Balaban J connectivity index is 1.84. The first kappa shape index (κ1) is 14.5. The van der Waals surface area contributed by atoms with E-state index in [1.165, 1.54) is 6.33 Å². The number of hydrogen-bond donors (Lipinski definition) is 1. The number of nitrogens with zero attached hydrogens (tertiary/aromatic N) is 2. The first-order valence-electron chi connectivity index (χ1n) is 6.51. The summed E-state index contributed by atoms with van der Waals surface area (Å²) in [6.45, 7) is 2.34. The topological polar surface area (TPSA) is 79.5 Å². The molecule has 1 aromatic heterocycles. The Hall–Kier alpha value is -1.92. The molecule has 6 heteroatoms. The van der Waals surface area contributed by atoms with Crippen LogP contribution in [-0.2, 0) is 9.47 Å². The van der Waals surface area contributed by atoms with E-state index >= 15 is 0 Å². The first-order valence-corrected chi connectivity index (χ1v) is 6.51. The van der Waals surface area contributed by atoms with Crippen molar-refractivity contribution in [3.8, 4) is 5.88 Å². The van der Waals surface area contributed by atoms with Gasteiger partial charge in [-0.25, -0.2) is 9.97 Å². The molecule has 0 aliphatic heterocycles. The normalized spacial score (nSPS) is 10.8. The largest absolute Gasteiger partial charge is 0.475 e. The summed E-state index contributed by atoms with van der Waals surface area (Å²) in [5.74, 6) is 0.551. The zero-order valence-electron chi connectivity index (χ0n) is 11.5. The van der Waals surface area contributed by atoms with Crippen molar-refractivity contribution in [1.82, 2.24) is 9.97 Å². The van der Waals surface area contributed by atoms with E-state index in [0.29, 0.717) is 38.0 Å². The number of nitrogens with two attached hydrogens (primary N) is 1. The smallest absolute Gasteiger partial charge is 0.224 e. The minimum absolute atomic E-state index is 0.448. The quantitative estimate of drug-likeness (QED) is 0.583. The molecule has 0 aliphatic rings. The summed E-state index contributed by atoms with van der Waals surface area (Å²) in [5.41, 5.74) is 7.17. The van der Waals surface area contributed by atoms with Crippen molar-refractivity contribution in [3.05, 3.63) is 24.5 Å². The molecule has 0 amide bonds. The van der Waals surface area contributed by atoms with Gasteiger partial charge in [0.15, 0.2) is 0 Å². The van der Waals surface area contributed by atoms with E-state index in [4.69, 9.17) is 19.9 Å². The van der Waals surface area contributed by atoms with Gasteiger partial charge in [0.05, 0.1) is 17.5 Å². The number of anilines is 1. The molecule has 0 saturated heterocycles. The summed E-state index contributed by atoms with van der Waals surface area (Å²) in [6.07, 6.45) is 2.35. The number of benzene rings is 1. The molecule has 6 nitrogen and oxygen atoms in total. The van der Waals surface area contributed by atoms with E-state index in [1.807, 2.05) is 6.07 Å². The third-order valence-corrected chi connectivity index (χ3v) is 2.73. The second-order valence-electron chi connectivity index (χ2n) is 4.26. The van der Waals surface area contributed by atoms with Gasteiger partial charge < -0.3 is 19.9 Å². The highest BCUT2D eigenvalue weighted by Crippen LogP contribution is 2.22. The Morgan fingerprint density at radius 3 is 2.85 bits per heavy atom. The highest BCUT2D eigenvalue weighted by Gasteiger charge is 2.04. The minimum atomic E-state index is 0.448. The first-order chi connectivity index (χ1) is 9.81. The number of ether oxygens (including phenoxy) is 3. The average Bonchev–Trinajstić information content (AvgIpc) is 2.46. The van der Waals surface area contributed by atoms with E-state index in [9.17, 15) is 0 Å². The summed E-state index contributed by atoms with van der Waals surface area (Å²) < 4.78 is 16.0. The van der Waals surface area contributed by atoms with Gasteiger partial charge in [-0.05, 0) is 24.6 Å². The molecule has 0 fully saturated rings. The lowest BCUT2D eigenvalue weighted by Gasteiger charge is -2.08. The molecular weight excluding hydrogens is 258 g/mol. The van der Waals surface area contributed by atoms with E-state index < -0.39 is 0 Å². The molecule has 2 N–H and O–H groups in total. The van der Waals surface area contributed by atoms with E-state index in [-0.39, 0.29) is 0 Å². The molecule has 20 heavy (non-hydrogen) atoms. The summed E-state index contributed by atoms with van der Waals surface area (Å²) in [4.78, 5) is 8.30. The third-order valence-electron chi connectivity index (χ3n) is 2.73. The molecule has 0 radical (unpaired) electrons.